The van der Waals surface area contributed by atoms with Crippen LogP contribution in [0, 0.1) is 0 Å². The average molecular weight is 293 g/mol. The van der Waals surface area contributed by atoms with E-state index in [0.717, 1.165) is 17.7 Å². The molecule has 2 N–H and O–H groups in total. The van der Waals surface area contributed by atoms with Crippen molar-refractivity contribution in [2.24, 2.45) is 5.73 Å². The molecule has 1 unspecified atom stereocenters. The molecule has 1 atom stereocenters. The van der Waals surface area contributed by atoms with Gasteiger partial charge in [0, 0.05) is 30.7 Å². The van der Waals surface area contributed by atoms with Gasteiger partial charge in [-0.1, -0.05) is 18.2 Å². The van der Waals surface area contributed by atoms with Crippen molar-refractivity contribution in [2.45, 2.75) is 19.0 Å². The molecule has 0 saturated heterocycles. The minimum absolute atomic E-state index is 0. The van der Waals surface area contributed by atoms with Gasteiger partial charge in [0.2, 0.25) is 5.91 Å². The van der Waals surface area contributed by atoms with Crippen LogP contribution in [0.2, 0.25) is 0 Å². The molecular formula is C14H17ClN4O. The van der Waals surface area contributed by atoms with E-state index in [4.69, 9.17) is 5.73 Å². The maximum atomic E-state index is 12.4. The second-order valence-electron chi connectivity index (χ2n) is 4.80. The van der Waals surface area contributed by atoms with Crippen LogP contribution in [0.4, 0.5) is 5.69 Å². The van der Waals surface area contributed by atoms with Crippen molar-refractivity contribution in [1.82, 2.24) is 9.78 Å². The highest BCUT2D eigenvalue weighted by atomic mass is 35.5. The van der Waals surface area contributed by atoms with Crippen LogP contribution in [0.15, 0.2) is 42.7 Å². The number of rotatable bonds is 2. The fourth-order valence-electron chi connectivity index (χ4n) is 2.48. The summed E-state index contributed by atoms with van der Waals surface area (Å²) in [5, 5.41) is 4.06. The van der Waals surface area contributed by atoms with Crippen molar-refractivity contribution < 1.29 is 4.79 Å². The van der Waals surface area contributed by atoms with Gasteiger partial charge in [0.15, 0.2) is 0 Å². The van der Waals surface area contributed by atoms with Gasteiger partial charge >= 0.3 is 0 Å². The number of hydrogen-bond donors (Lipinski definition) is 1. The summed E-state index contributed by atoms with van der Waals surface area (Å²) in [6.45, 7) is 0.811. The topological polar surface area (TPSA) is 64.2 Å². The van der Waals surface area contributed by atoms with Crippen molar-refractivity contribution in [2.75, 3.05) is 11.4 Å². The maximum absolute atomic E-state index is 12.4. The van der Waals surface area contributed by atoms with Gasteiger partial charge in [-0.05, 0) is 24.1 Å². The molecule has 20 heavy (non-hydrogen) atoms. The summed E-state index contributed by atoms with van der Waals surface area (Å²) in [6.07, 6.45) is 4.28. The first kappa shape index (κ1) is 14.6. The second kappa shape index (κ2) is 6.07. The molecule has 0 spiro atoms. The zero-order valence-corrected chi connectivity index (χ0v) is 11.8. The van der Waals surface area contributed by atoms with Gasteiger partial charge in [-0.2, -0.15) is 5.10 Å². The van der Waals surface area contributed by atoms with Crippen LogP contribution in [-0.4, -0.2) is 28.3 Å². The van der Waals surface area contributed by atoms with E-state index in [0.29, 0.717) is 6.54 Å². The van der Waals surface area contributed by atoms with Crippen molar-refractivity contribution >= 4 is 24.0 Å². The Hall–Kier alpha value is -1.85. The molecule has 2 heterocycles. The Kier molecular flexibility index (Phi) is 4.42. The number of carbonyl (C=O) groups excluding carboxylic acids is 1. The standard InChI is InChI=1S/C14H16N4O.ClH/c15-12-8-11-4-1-2-5-13(11)18(9-12)14(19)10-17-7-3-6-16-17;/h1-7,12H,8-10,15H2;1H. The Morgan fingerprint density at radius 3 is 2.90 bits per heavy atom. The van der Waals surface area contributed by atoms with Gasteiger partial charge in [-0.25, -0.2) is 0 Å². The van der Waals surface area contributed by atoms with Gasteiger partial charge < -0.3 is 10.6 Å². The smallest absolute Gasteiger partial charge is 0.248 e. The molecule has 5 nitrogen and oxygen atoms in total. The van der Waals surface area contributed by atoms with Crippen LogP contribution in [0.5, 0.6) is 0 Å². The van der Waals surface area contributed by atoms with Crippen molar-refractivity contribution in [3.63, 3.8) is 0 Å². The van der Waals surface area contributed by atoms with Gasteiger partial charge in [-0.15, -0.1) is 12.4 Å². The number of amides is 1. The number of carbonyl (C=O) groups is 1. The molecule has 0 radical (unpaired) electrons. The lowest BCUT2D eigenvalue weighted by Gasteiger charge is -2.33. The molecule has 1 aliphatic rings. The molecule has 6 heteroatoms. The lowest BCUT2D eigenvalue weighted by atomic mass is 9.98. The molecule has 0 saturated carbocycles. The van der Waals surface area contributed by atoms with Gasteiger partial charge in [0.25, 0.3) is 0 Å². The zero-order valence-electron chi connectivity index (χ0n) is 11.0. The molecule has 0 bridgehead atoms. The minimum atomic E-state index is -0.00327. The number of para-hydroxylation sites is 1. The van der Waals surface area contributed by atoms with Crippen LogP contribution < -0.4 is 10.6 Å². The Bertz CT molecular complexity index is 585. The largest absolute Gasteiger partial charge is 0.326 e. The Labute approximate surface area is 123 Å². The molecule has 1 amide bonds. The number of hydrogen-bond acceptors (Lipinski definition) is 3. The van der Waals surface area contributed by atoms with E-state index < -0.39 is 0 Å². The fourth-order valence-corrected chi connectivity index (χ4v) is 2.48. The summed E-state index contributed by atoms with van der Waals surface area (Å²) in [5.74, 6) is 0.0197. The third kappa shape index (κ3) is 2.84. The summed E-state index contributed by atoms with van der Waals surface area (Å²) in [4.78, 5) is 14.2. The predicted molar refractivity (Wildman–Crippen MR) is 79.9 cm³/mol. The van der Waals surface area contributed by atoms with E-state index in [2.05, 4.69) is 5.10 Å². The number of halogens is 1. The molecule has 3 rings (SSSR count). The molecule has 1 aliphatic heterocycles. The van der Waals surface area contributed by atoms with E-state index in [1.165, 1.54) is 0 Å². The minimum Gasteiger partial charge on any atom is -0.326 e. The summed E-state index contributed by atoms with van der Waals surface area (Å²) >= 11 is 0. The normalized spacial score (nSPS) is 17.2. The van der Waals surface area contributed by atoms with E-state index in [1.807, 2.05) is 30.3 Å². The van der Waals surface area contributed by atoms with Crippen molar-refractivity contribution in [3.8, 4) is 0 Å². The number of nitrogens with zero attached hydrogens (tertiary/aromatic N) is 3. The molecule has 106 valence electrons. The highest BCUT2D eigenvalue weighted by Crippen LogP contribution is 2.26. The summed E-state index contributed by atoms with van der Waals surface area (Å²) in [7, 11) is 0. The molecule has 0 aliphatic carbocycles. The van der Waals surface area contributed by atoms with Crippen LogP contribution in [0.1, 0.15) is 5.56 Å². The van der Waals surface area contributed by atoms with E-state index in [1.54, 1.807) is 22.0 Å². The number of benzene rings is 1. The van der Waals surface area contributed by atoms with Gasteiger partial charge in [-0.3, -0.25) is 9.48 Å². The molecule has 2 aromatic rings. The van der Waals surface area contributed by atoms with Gasteiger partial charge in [0.1, 0.15) is 6.54 Å². The van der Waals surface area contributed by atoms with Crippen molar-refractivity contribution in [1.29, 1.82) is 0 Å². The number of nitrogens with two attached hydrogens (primary N) is 1. The quantitative estimate of drug-likeness (QED) is 0.905. The van der Waals surface area contributed by atoms with E-state index >= 15 is 0 Å². The fraction of sp³-hybridized carbons (Fsp3) is 0.286. The van der Waals surface area contributed by atoms with Crippen LogP contribution in [-0.2, 0) is 17.8 Å². The van der Waals surface area contributed by atoms with Crippen LogP contribution in [0.25, 0.3) is 0 Å². The Morgan fingerprint density at radius 2 is 2.15 bits per heavy atom. The number of fused-ring (bicyclic) bond motifs is 1. The highest BCUT2D eigenvalue weighted by Gasteiger charge is 2.26. The third-order valence-corrected chi connectivity index (χ3v) is 3.34. The molecule has 0 fully saturated rings. The SMILES string of the molecule is Cl.NC1Cc2ccccc2N(C(=O)Cn2cccn2)C1. The molecule has 1 aromatic carbocycles. The summed E-state index contributed by atoms with van der Waals surface area (Å²) in [5.41, 5.74) is 8.14. The second-order valence-corrected chi connectivity index (χ2v) is 4.80. The number of anilines is 1. The monoisotopic (exact) mass is 292 g/mol. The first-order valence-electron chi connectivity index (χ1n) is 6.35. The van der Waals surface area contributed by atoms with Crippen LogP contribution >= 0.6 is 12.4 Å². The predicted octanol–water partition coefficient (Wildman–Crippen LogP) is 1.22. The third-order valence-electron chi connectivity index (χ3n) is 3.34. The Morgan fingerprint density at radius 1 is 1.35 bits per heavy atom. The number of aromatic nitrogens is 2. The lowest BCUT2D eigenvalue weighted by molar-refractivity contribution is -0.119. The summed E-state index contributed by atoms with van der Waals surface area (Å²) in [6, 6.07) is 9.74. The first-order valence-corrected chi connectivity index (χ1v) is 6.35. The van der Waals surface area contributed by atoms with E-state index in [-0.39, 0.29) is 30.9 Å². The zero-order chi connectivity index (χ0) is 13.2. The van der Waals surface area contributed by atoms with E-state index in [9.17, 15) is 4.79 Å². The molecular weight excluding hydrogens is 276 g/mol. The lowest BCUT2D eigenvalue weighted by Crippen LogP contribution is -2.47. The first-order chi connectivity index (χ1) is 9.24. The molecule has 1 aromatic heterocycles. The average Bonchev–Trinajstić information content (AvgIpc) is 2.90. The maximum Gasteiger partial charge on any atom is 0.248 e. The van der Waals surface area contributed by atoms with Crippen molar-refractivity contribution in [3.05, 3.63) is 48.3 Å². The Balaban J connectivity index is 0.00000147. The summed E-state index contributed by atoms with van der Waals surface area (Å²) < 4.78 is 1.63. The van der Waals surface area contributed by atoms with Gasteiger partial charge in [0.05, 0.1) is 0 Å². The highest BCUT2D eigenvalue weighted by molar-refractivity contribution is 5.94. The van der Waals surface area contributed by atoms with Crippen LogP contribution in [0.3, 0.4) is 0 Å².